The van der Waals surface area contributed by atoms with E-state index in [9.17, 15) is 13.2 Å². The van der Waals surface area contributed by atoms with E-state index >= 15 is 0 Å². The minimum atomic E-state index is -3.38. The number of ether oxygens (including phenoxy) is 1. The summed E-state index contributed by atoms with van der Waals surface area (Å²) in [6.45, 7) is 2.19. The van der Waals surface area contributed by atoms with Crippen LogP contribution >= 0.6 is 12.2 Å². The molecule has 9 nitrogen and oxygen atoms in total. The molecular formula is C21H25N5O4S2. The second-order valence-electron chi connectivity index (χ2n) is 7.27. The molecular weight excluding hydrogens is 450 g/mol. The second-order valence-corrected chi connectivity index (χ2v) is 9.41. The van der Waals surface area contributed by atoms with Crippen molar-refractivity contribution in [1.82, 2.24) is 20.1 Å². The molecule has 32 heavy (non-hydrogen) atoms. The molecule has 0 spiro atoms. The standard InChI is InChI=1S/C21H25N5O4S2/c1-14(16-5-4-6-17(13-16)25-32(3,28)29)22-19(27)11-12-26-20(23-24-21(26)31)15-7-9-18(30-2)10-8-15/h4-10,13-14,25H,11-12H2,1-3H3,(H,22,27)(H,24,31). The highest BCUT2D eigenvalue weighted by Crippen LogP contribution is 2.22. The summed E-state index contributed by atoms with van der Waals surface area (Å²) < 4.78 is 32.7. The highest BCUT2D eigenvalue weighted by atomic mass is 32.2. The predicted molar refractivity (Wildman–Crippen MR) is 125 cm³/mol. The van der Waals surface area contributed by atoms with Gasteiger partial charge in [-0.25, -0.2) is 8.42 Å². The SMILES string of the molecule is COc1ccc(-c2n[nH]c(=S)n2CCC(=O)NC(C)c2cccc(NS(C)(=O)=O)c2)cc1. The molecule has 1 heterocycles. The third-order valence-electron chi connectivity index (χ3n) is 4.74. The number of carbonyl (C=O) groups excluding carboxylic acids is 1. The average Bonchev–Trinajstić information content (AvgIpc) is 3.11. The van der Waals surface area contributed by atoms with Crippen molar-refractivity contribution in [2.24, 2.45) is 0 Å². The molecule has 3 aromatic rings. The van der Waals surface area contributed by atoms with Crippen molar-refractivity contribution in [2.75, 3.05) is 18.1 Å². The molecule has 0 saturated heterocycles. The molecule has 11 heteroatoms. The maximum atomic E-state index is 12.6. The zero-order chi connectivity index (χ0) is 23.3. The molecule has 0 saturated carbocycles. The number of nitrogens with zero attached hydrogens (tertiary/aromatic N) is 2. The molecule has 1 aromatic heterocycles. The number of H-pyrrole nitrogens is 1. The van der Waals surface area contributed by atoms with Crippen LogP contribution in [0, 0.1) is 4.77 Å². The lowest BCUT2D eigenvalue weighted by Crippen LogP contribution is -2.27. The first kappa shape index (κ1) is 23.5. The number of aromatic amines is 1. The van der Waals surface area contributed by atoms with E-state index in [1.807, 2.05) is 37.3 Å². The van der Waals surface area contributed by atoms with Crippen LogP contribution < -0.4 is 14.8 Å². The fourth-order valence-corrected chi connectivity index (χ4v) is 3.96. The normalized spacial score (nSPS) is 12.2. The largest absolute Gasteiger partial charge is 0.497 e. The monoisotopic (exact) mass is 475 g/mol. The third-order valence-corrected chi connectivity index (χ3v) is 5.65. The van der Waals surface area contributed by atoms with Gasteiger partial charge in [0, 0.05) is 24.2 Å². The van der Waals surface area contributed by atoms with E-state index < -0.39 is 10.0 Å². The summed E-state index contributed by atoms with van der Waals surface area (Å²) in [5.74, 6) is 1.21. The van der Waals surface area contributed by atoms with Gasteiger partial charge in [0.05, 0.1) is 19.4 Å². The Bertz CT molecular complexity index is 1250. The second kappa shape index (κ2) is 9.96. The summed E-state index contributed by atoms with van der Waals surface area (Å²) in [7, 11) is -1.78. The number of sulfonamides is 1. The van der Waals surface area contributed by atoms with Crippen molar-refractivity contribution in [1.29, 1.82) is 0 Å². The van der Waals surface area contributed by atoms with Gasteiger partial charge in [0.15, 0.2) is 10.6 Å². The first-order chi connectivity index (χ1) is 15.2. The summed E-state index contributed by atoms with van der Waals surface area (Å²) in [6.07, 6.45) is 1.29. The molecule has 0 bridgehead atoms. The van der Waals surface area contributed by atoms with E-state index in [1.54, 1.807) is 29.9 Å². The quantitative estimate of drug-likeness (QED) is 0.409. The van der Waals surface area contributed by atoms with E-state index in [1.165, 1.54) is 0 Å². The first-order valence-corrected chi connectivity index (χ1v) is 12.1. The number of nitrogens with one attached hydrogen (secondary N) is 3. The molecule has 1 amide bonds. The van der Waals surface area contributed by atoms with E-state index in [-0.39, 0.29) is 18.4 Å². The summed E-state index contributed by atoms with van der Waals surface area (Å²) in [5, 5.41) is 9.99. The van der Waals surface area contributed by atoms with Gasteiger partial charge in [-0.15, -0.1) is 0 Å². The van der Waals surface area contributed by atoms with Crippen molar-refractivity contribution >= 4 is 33.8 Å². The number of anilines is 1. The van der Waals surface area contributed by atoms with E-state index in [0.29, 0.717) is 22.8 Å². The van der Waals surface area contributed by atoms with E-state index in [0.717, 1.165) is 23.1 Å². The molecule has 0 fully saturated rings. The van der Waals surface area contributed by atoms with Crippen molar-refractivity contribution in [2.45, 2.75) is 25.9 Å². The molecule has 0 aliphatic rings. The number of rotatable bonds is 9. The maximum Gasteiger partial charge on any atom is 0.229 e. The van der Waals surface area contributed by atoms with Gasteiger partial charge in [0.2, 0.25) is 15.9 Å². The van der Waals surface area contributed by atoms with Crippen LogP contribution in [-0.4, -0.2) is 42.5 Å². The Labute approximate surface area is 191 Å². The Morgan fingerprint density at radius 3 is 2.62 bits per heavy atom. The van der Waals surface area contributed by atoms with Crippen molar-refractivity contribution in [3.63, 3.8) is 0 Å². The number of aromatic nitrogens is 3. The Kier molecular flexibility index (Phi) is 7.31. The van der Waals surface area contributed by atoms with Gasteiger partial charge in [0.1, 0.15) is 5.75 Å². The lowest BCUT2D eigenvalue weighted by Gasteiger charge is -2.16. The fourth-order valence-electron chi connectivity index (χ4n) is 3.18. The van der Waals surface area contributed by atoms with Crippen LogP contribution in [0.4, 0.5) is 5.69 Å². The Morgan fingerprint density at radius 2 is 1.97 bits per heavy atom. The lowest BCUT2D eigenvalue weighted by atomic mass is 10.1. The molecule has 1 atom stereocenters. The maximum absolute atomic E-state index is 12.6. The number of hydrogen-bond acceptors (Lipinski definition) is 6. The van der Waals surface area contributed by atoms with Gasteiger partial charge in [-0.2, -0.15) is 5.10 Å². The summed E-state index contributed by atoms with van der Waals surface area (Å²) >= 11 is 5.33. The summed E-state index contributed by atoms with van der Waals surface area (Å²) in [5.41, 5.74) is 2.08. The lowest BCUT2D eigenvalue weighted by molar-refractivity contribution is -0.121. The van der Waals surface area contributed by atoms with Crippen LogP contribution in [-0.2, 0) is 21.4 Å². The first-order valence-electron chi connectivity index (χ1n) is 9.83. The average molecular weight is 476 g/mol. The smallest absolute Gasteiger partial charge is 0.229 e. The van der Waals surface area contributed by atoms with Crippen LogP contribution in [0.5, 0.6) is 5.75 Å². The topological polar surface area (TPSA) is 118 Å². The molecule has 0 radical (unpaired) electrons. The summed E-state index contributed by atoms with van der Waals surface area (Å²) in [6, 6.07) is 14.0. The molecule has 3 N–H and O–H groups in total. The zero-order valence-electron chi connectivity index (χ0n) is 18.0. The van der Waals surface area contributed by atoms with Gasteiger partial charge >= 0.3 is 0 Å². The third kappa shape index (κ3) is 6.17. The fraction of sp³-hybridized carbons (Fsp3) is 0.286. The van der Waals surface area contributed by atoms with Crippen molar-refractivity contribution in [3.8, 4) is 17.1 Å². The Balaban J connectivity index is 1.65. The number of amides is 1. The van der Waals surface area contributed by atoms with Gasteiger partial charge < -0.3 is 10.1 Å². The molecule has 0 aliphatic heterocycles. The predicted octanol–water partition coefficient (Wildman–Crippen LogP) is 3.26. The Hall–Kier alpha value is -3.18. The molecule has 3 rings (SSSR count). The highest BCUT2D eigenvalue weighted by Gasteiger charge is 2.14. The zero-order valence-corrected chi connectivity index (χ0v) is 19.6. The van der Waals surface area contributed by atoms with Crippen molar-refractivity contribution < 1.29 is 17.9 Å². The summed E-state index contributed by atoms with van der Waals surface area (Å²) in [4.78, 5) is 12.6. The van der Waals surface area contributed by atoms with Gasteiger partial charge in [-0.1, -0.05) is 12.1 Å². The van der Waals surface area contributed by atoms with Crippen molar-refractivity contribution in [3.05, 3.63) is 58.9 Å². The van der Waals surface area contributed by atoms with Crippen LogP contribution in [0.1, 0.15) is 24.9 Å². The molecule has 170 valence electrons. The number of hydrogen-bond donors (Lipinski definition) is 3. The van der Waals surface area contributed by atoms with Gasteiger partial charge in [0.25, 0.3) is 0 Å². The van der Waals surface area contributed by atoms with Crippen LogP contribution in [0.15, 0.2) is 48.5 Å². The number of carbonyl (C=O) groups is 1. The minimum absolute atomic E-state index is 0.164. The van der Waals surface area contributed by atoms with Gasteiger partial charge in [-0.3, -0.25) is 19.2 Å². The van der Waals surface area contributed by atoms with Crippen LogP contribution in [0.2, 0.25) is 0 Å². The van der Waals surface area contributed by atoms with E-state index in [2.05, 4.69) is 20.2 Å². The number of methoxy groups -OCH3 is 1. The minimum Gasteiger partial charge on any atom is -0.497 e. The van der Waals surface area contributed by atoms with E-state index in [4.69, 9.17) is 17.0 Å². The molecule has 2 aromatic carbocycles. The highest BCUT2D eigenvalue weighted by molar-refractivity contribution is 7.92. The molecule has 1 unspecified atom stereocenters. The van der Waals surface area contributed by atoms with Gasteiger partial charge in [-0.05, 0) is 61.1 Å². The van der Waals surface area contributed by atoms with Crippen LogP contribution in [0.3, 0.4) is 0 Å². The Morgan fingerprint density at radius 1 is 1.25 bits per heavy atom. The number of benzene rings is 2. The van der Waals surface area contributed by atoms with Crippen LogP contribution in [0.25, 0.3) is 11.4 Å². The molecule has 0 aliphatic carbocycles.